The molecule has 1 amide bonds. The van der Waals surface area contributed by atoms with Crippen molar-refractivity contribution in [2.75, 3.05) is 29.9 Å². The van der Waals surface area contributed by atoms with E-state index >= 15 is 0 Å². The molecule has 0 unspecified atom stereocenters. The Balaban J connectivity index is 1.47. The predicted octanol–water partition coefficient (Wildman–Crippen LogP) is 3.59. The maximum absolute atomic E-state index is 12.2. The number of carbonyl (C=O) groups is 1. The van der Waals surface area contributed by atoms with Gasteiger partial charge in [-0.2, -0.15) is 0 Å². The lowest BCUT2D eigenvalue weighted by molar-refractivity contribution is -0.682. The summed E-state index contributed by atoms with van der Waals surface area (Å²) in [6.07, 6.45) is 3.86. The Morgan fingerprint density at radius 1 is 1.08 bits per heavy atom. The Hall–Kier alpha value is -2.04. The van der Waals surface area contributed by atoms with Crippen molar-refractivity contribution in [2.24, 2.45) is 0 Å². The summed E-state index contributed by atoms with van der Waals surface area (Å²) in [4.78, 5) is 14.6. The van der Waals surface area contributed by atoms with Crippen LogP contribution < -0.4 is 15.5 Å². The third kappa shape index (κ3) is 5.23. The Morgan fingerprint density at radius 2 is 1.73 bits per heavy atom. The van der Waals surface area contributed by atoms with E-state index in [9.17, 15) is 4.79 Å². The summed E-state index contributed by atoms with van der Waals surface area (Å²) in [5, 5.41) is 5.74. The van der Waals surface area contributed by atoms with E-state index in [1.54, 1.807) is 0 Å². The third-order valence-corrected chi connectivity index (χ3v) is 5.18. The first kappa shape index (κ1) is 18.7. The maximum Gasteiger partial charge on any atom is 0.279 e. The number of hydrogen-bond acceptors (Lipinski definition) is 2. The molecule has 1 saturated heterocycles. The van der Waals surface area contributed by atoms with Gasteiger partial charge in [0.2, 0.25) is 0 Å². The normalized spacial score (nSPS) is 15.5. The summed E-state index contributed by atoms with van der Waals surface area (Å²) in [5.74, 6) is 0.0107. The van der Waals surface area contributed by atoms with Crippen LogP contribution >= 0.6 is 11.6 Å². The molecule has 26 heavy (non-hydrogen) atoms. The molecule has 4 nitrogen and oxygen atoms in total. The molecule has 0 aromatic heterocycles. The monoisotopic (exact) mass is 372 g/mol. The average Bonchev–Trinajstić information content (AvgIpc) is 2.68. The molecular weight excluding hydrogens is 346 g/mol. The zero-order chi connectivity index (χ0) is 18.4. The molecule has 1 aliphatic heterocycles. The lowest BCUT2D eigenvalue weighted by Gasteiger charge is -2.28. The molecule has 0 aliphatic carbocycles. The highest BCUT2D eigenvalue weighted by atomic mass is 35.5. The van der Waals surface area contributed by atoms with Gasteiger partial charge in [-0.3, -0.25) is 4.79 Å². The van der Waals surface area contributed by atoms with Gasteiger partial charge in [-0.05, 0) is 62.6 Å². The fourth-order valence-corrected chi connectivity index (χ4v) is 3.43. The van der Waals surface area contributed by atoms with Gasteiger partial charge in [0.1, 0.15) is 6.04 Å². The Labute approximate surface area is 160 Å². The van der Waals surface area contributed by atoms with E-state index in [0.717, 1.165) is 29.4 Å². The summed E-state index contributed by atoms with van der Waals surface area (Å²) in [7, 11) is 0. The number of nitrogens with two attached hydrogens (primary N) is 1. The quantitative estimate of drug-likeness (QED) is 0.814. The summed E-state index contributed by atoms with van der Waals surface area (Å²) >= 11 is 5.92. The van der Waals surface area contributed by atoms with Crippen LogP contribution in [0, 0.1) is 0 Å². The molecule has 1 fully saturated rings. The van der Waals surface area contributed by atoms with Crippen molar-refractivity contribution in [3.63, 3.8) is 0 Å². The molecule has 0 saturated carbocycles. The molecule has 0 radical (unpaired) electrons. The first-order valence-electron chi connectivity index (χ1n) is 9.35. The molecule has 1 heterocycles. The van der Waals surface area contributed by atoms with Crippen LogP contribution in [0.25, 0.3) is 0 Å². The van der Waals surface area contributed by atoms with Crippen molar-refractivity contribution in [1.29, 1.82) is 0 Å². The SMILES string of the molecule is C[C@H]([NH2+]CC(=O)Nc1ccc(N2CCCCC2)cc1)c1ccc(Cl)cc1. The minimum atomic E-state index is 0.0107. The van der Waals surface area contributed by atoms with E-state index < -0.39 is 0 Å². The minimum Gasteiger partial charge on any atom is -0.372 e. The summed E-state index contributed by atoms with van der Waals surface area (Å²) in [6, 6.07) is 16.1. The smallest absolute Gasteiger partial charge is 0.279 e. The number of amides is 1. The van der Waals surface area contributed by atoms with Crippen molar-refractivity contribution in [1.82, 2.24) is 0 Å². The van der Waals surface area contributed by atoms with Gasteiger partial charge in [0, 0.05) is 35.1 Å². The summed E-state index contributed by atoms with van der Waals surface area (Å²) in [5.41, 5.74) is 3.25. The van der Waals surface area contributed by atoms with E-state index in [-0.39, 0.29) is 11.9 Å². The maximum atomic E-state index is 12.2. The number of piperidine rings is 1. The number of hydrogen-bond donors (Lipinski definition) is 2. The molecular formula is C21H27ClN3O+. The van der Waals surface area contributed by atoms with Gasteiger partial charge in [0.25, 0.3) is 5.91 Å². The van der Waals surface area contributed by atoms with Gasteiger partial charge >= 0.3 is 0 Å². The summed E-state index contributed by atoms with van der Waals surface area (Å²) < 4.78 is 0. The number of nitrogens with zero attached hydrogens (tertiary/aromatic N) is 1. The molecule has 138 valence electrons. The first-order chi connectivity index (χ1) is 12.6. The number of halogens is 1. The number of quaternary nitrogens is 1. The molecule has 2 aromatic rings. The average molecular weight is 373 g/mol. The molecule has 0 bridgehead atoms. The van der Waals surface area contributed by atoms with Crippen molar-refractivity contribution in [2.45, 2.75) is 32.2 Å². The predicted molar refractivity (Wildman–Crippen MR) is 108 cm³/mol. The van der Waals surface area contributed by atoms with Gasteiger partial charge in [-0.1, -0.05) is 23.7 Å². The van der Waals surface area contributed by atoms with Crippen molar-refractivity contribution < 1.29 is 10.1 Å². The molecule has 2 aromatic carbocycles. The fourth-order valence-electron chi connectivity index (χ4n) is 3.31. The van der Waals surface area contributed by atoms with Crippen LogP contribution in [-0.2, 0) is 4.79 Å². The van der Waals surface area contributed by atoms with E-state index in [1.165, 1.54) is 24.9 Å². The van der Waals surface area contributed by atoms with Gasteiger partial charge in [-0.15, -0.1) is 0 Å². The lowest BCUT2D eigenvalue weighted by Crippen LogP contribution is -2.86. The van der Waals surface area contributed by atoms with Gasteiger partial charge in [0.05, 0.1) is 0 Å². The topological polar surface area (TPSA) is 49.0 Å². The second-order valence-electron chi connectivity index (χ2n) is 6.92. The molecule has 1 atom stereocenters. The van der Waals surface area contributed by atoms with E-state index in [0.29, 0.717) is 6.54 Å². The van der Waals surface area contributed by atoms with Gasteiger partial charge < -0.3 is 15.5 Å². The summed E-state index contributed by atoms with van der Waals surface area (Å²) in [6.45, 7) is 4.73. The number of benzene rings is 2. The van der Waals surface area contributed by atoms with Crippen LogP contribution in [0.2, 0.25) is 5.02 Å². The van der Waals surface area contributed by atoms with E-state index in [2.05, 4.69) is 29.3 Å². The van der Waals surface area contributed by atoms with Gasteiger partial charge in [0.15, 0.2) is 6.54 Å². The fraction of sp³-hybridized carbons (Fsp3) is 0.381. The second kappa shape index (κ2) is 9.06. The van der Waals surface area contributed by atoms with Crippen LogP contribution in [0.5, 0.6) is 0 Å². The van der Waals surface area contributed by atoms with Crippen LogP contribution in [0.4, 0.5) is 11.4 Å². The Kier molecular flexibility index (Phi) is 6.53. The van der Waals surface area contributed by atoms with Crippen molar-refractivity contribution in [3.8, 4) is 0 Å². The highest BCUT2D eigenvalue weighted by Gasteiger charge is 2.13. The molecule has 5 heteroatoms. The molecule has 1 aliphatic rings. The minimum absolute atomic E-state index is 0.0107. The zero-order valence-corrected chi connectivity index (χ0v) is 16.0. The zero-order valence-electron chi connectivity index (χ0n) is 15.2. The van der Waals surface area contributed by atoms with Crippen LogP contribution in [-0.4, -0.2) is 25.5 Å². The highest BCUT2D eigenvalue weighted by molar-refractivity contribution is 6.30. The van der Waals surface area contributed by atoms with Crippen molar-refractivity contribution >= 4 is 28.9 Å². The van der Waals surface area contributed by atoms with E-state index in [4.69, 9.17) is 11.6 Å². The molecule has 3 N–H and O–H groups in total. The standard InChI is InChI=1S/C21H26ClN3O/c1-16(17-5-7-18(22)8-6-17)23-15-21(26)24-19-9-11-20(12-10-19)25-13-3-2-4-14-25/h5-12,16,23H,2-4,13-15H2,1H3,(H,24,26)/p+1/t16-/m0/s1. The second-order valence-corrected chi connectivity index (χ2v) is 7.36. The Morgan fingerprint density at radius 3 is 2.38 bits per heavy atom. The molecule has 3 rings (SSSR count). The third-order valence-electron chi connectivity index (χ3n) is 4.92. The largest absolute Gasteiger partial charge is 0.372 e. The van der Waals surface area contributed by atoms with E-state index in [1.807, 2.05) is 41.7 Å². The number of rotatable bonds is 6. The van der Waals surface area contributed by atoms with Crippen molar-refractivity contribution in [3.05, 3.63) is 59.1 Å². The number of anilines is 2. The van der Waals surface area contributed by atoms with Gasteiger partial charge in [-0.25, -0.2) is 0 Å². The number of carbonyl (C=O) groups excluding carboxylic acids is 1. The van der Waals surface area contributed by atoms with Crippen LogP contribution in [0.15, 0.2) is 48.5 Å². The number of nitrogens with one attached hydrogen (secondary N) is 1. The highest BCUT2D eigenvalue weighted by Crippen LogP contribution is 2.21. The molecule has 0 spiro atoms. The lowest BCUT2D eigenvalue weighted by atomic mass is 10.1. The van der Waals surface area contributed by atoms with Crippen LogP contribution in [0.1, 0.15) is 37.8 Å². The van der Waals surface area contributed by atoms with Crippen LogP contribution in [0.3, 0.4) is 0 Å². The Bertz CT molecular complexity index is 709. The first-order valence-corrected chi connectivity index (χ1v) is 9.73.